The van der Waals surface area contributed by atoms with Crippen LogP contribution in [0.2, 0.25) is 19.6 Å². The summed E-state index contributed by atoms with van der Waals surface area (Å²) in [7, 11) is -0.386. The van der Waals surface area contributed by atoms with Gasteiger partial charge in [-0.2, -0.15) is 0 Å². The van der Waals surface area contributed by atoms with Gasteiger partial charge in [0, 0.05) is 0 Å². The minimum Gasteiger partial charge on any atom is -0.496 e. The van der Waals surface area contributed by atoms with Crippen LogP contribution in [-0.4, -0.2) is 21.2 Å². The van der Waals surface area contributed by atoms with Crippen LogP contribution in [0, 0.1) is 0 Å². The predicted octanol–water partition coefficient (Wildman–Crippen LogP) is 4.64. The summed E-state index contributed by atoms with van der Waals surface area (Å²) in [4.78, 5) is 13.3. The molecule has 0 spiro atoms. The van der Waals surface area contributed by atoms with Gasteiger partial charge in [0.1, 0.15) is 11.4 Å². The van der Waals surface area contributed by atoms with Gasteiger partial charge in [0.2, 0.25) is 5.78 Å². The van der Waals surface area contributed by atoms with Crippen LogP contribution in [0.4, 0.5) is 0 Å². The number of para-hydroxylation sites is 1. The minimum atomic E-state index is -1.96. The van der Waals surface area contributed by atoms with Crippen LogP contribution in [0.25, 0.3) is 0 Å². The predicted molar refractivity (Wildman–Crippen MR) is 95.5 cm³/mol. The van der Waals surface area contributed by atoms with E-state index in [1.54, 1.807) is 19.2 Å². The average Bonchev–Trinajstić information content (AvgIpc) is 2.53. The molecule has 0 N–H and O–H groups in total. The van der Waals surface area contributed by atoms with Gasteiger partial charge in [0.05, 0.1) is 12.7 Å². The molecule has 2 aromatic rings. The Labute approximate surface area is 139 Å². The van der Waals surface area contributed by atoms with Crippen LogP contribution in [0.5, 0.6) is 5.75 Å². The van der Waals surface area contributed by atoms with Crippen LogP contribution >= 0.6 is 0 Å². The highest BCUT2D eigenvalue weighted by Gasteiger charge is 2.41. The zero-order valence-corrected chi connectivity index (χ0v) is 15.4. The van der Waals surface area contributed by atoms with Crippen LogP contribution in [0.1, 0.15) is 22.8 Å². The molecule has 0 amide bonds. The van der Waals surface area contributed by atoms with Crippen molar-refractivity contribution < 1.29 is 14.0 Å². The Morgan fingerprint density at radius 1 is 0.957 bits per heavy atom. The quantitative estimate of drug-likeness (QED) is 0.572. The lowest BCUT2D eigenvalue weighted by Crippen LogP contribution is -2.44. The molecule has 0 radical (unpaired) electrons. The summed E-state index contributed by atoms with van der Waals surface area (Å²) in [6, 6.07) is 17.0. The van der Waals surface area contributed by atoms with Crippen molar-refractivity contribution in [2.75, 3.05) is 7.11 Å². The highest BCUT2D eigenvalue weighted by Crippen LogP contribution is 2.35. The van der Waals surface area contributed by atoms with E-state index in [-0.39, 0.29) is 5.78 Å². The van der Waals surface area contributed by atoms with E-state index in [0.717, 1.165) is 5.56 Å². The first-order valence-electron chi connectivity index (χ1n) is 7.71. The third kappa shape index (κ3) is 3.89. The molecular weight excluding hydrogens is 304 g/mol. The van der Waals surface area contributed by atoms with Crippen molar-refractivity contribution in [2.24, 2.45) is 0 Å². The Balaban J connectivity index is 2.56. The molecule has 0 aromatic heterocycles. The zero-order chi connectivity index (χ0) is 17.1. The van der Waals surface area contributed by atoms with E-state index in [1.165, 1.54) is 0 Å². The second kappa shape index (κ2) is 6.68. The number of ketones is 1. The molecule has 2 rings (SSSR count). The Bertz CT molecular complexity index is 677. The second-order valence-electron chi connectivity index (χ2n) is 6.64. The third-order valence-electron chi connectivity index (χ3n) is 3.62. The second-order valence-corrected chi connectivity index (χ2v) is 11.1. The molecule has 0 aliphatic heterocycles. The summed E-state index contributed by atoms with van der Waals surface area (Å²) >= 11 is 0. The Hall–Kier alpha value is -1.91. The highest BCUT2D eigenvalue weighted by atomic mass is 28.4. The molecule has 0 saturated heterocycles. The molecule has 0 saturated carbocycles. The SMILES string of the molecule is COc1ccccc1C(=O)C(C)(O[Si](C)(C)C)c1ccccc1. The van der Waals surface area contributed by atoms with Crippen molar-refractivity contribution in [3.05, 3.63) is 65.7 Å². The monoisotopic (exact) mass is 328 g/mol. The molecule has 2 aromatic carbocycles. The number of hydrogen-bond donors (Lipinski definition) is 0. The van der Waals surface area contributed by atoms with Gasteiger partial charge in [-0.05, 0) is 44.3 Å². The van der Waals surface area contributed by atoms with Gasteiger partial charge in [-0.15, -0.1) is 0 Å². The van der Waals surface area contributed by atoms with E-state index < -0.39 is 13.9 Å². The Morgan fingerprint density at radius 3 is 2.09 bits per heavy atom. The van der Waals surface area contributed by atoms with Gasteiger partial charge in [-0.25, -0.2) is 0 Å². The number of ether oxygens (including phenoxy) is 1. The number of benzene rings is 2. The normalized spacial score (nSPS) is 14.1. The van der Waals surface area contributed by atoms with Gasteiger partial charge < -0.3 is 9.16 Å². The fourth-order valence-electron chi connectivity index (χ4n) is 2.69. The maximum Gasteiger partial charge on any atom is 0.201 e. The molecule has 0 heterocycles. The van der Waals surface area contributed by atoms with E-state index in [0.29, 0.717) is 11.3 Å². The average molecular weight is 328 g/mol. The molecule has 0 bridgehead atoms. The molecule has 0 fully saturated rings. The molecule has 0 aliphatic rings. The van der Waals surface area contributed by atoms with Crippen molar-refractivity contribution in [1.29, 1.82) is 0 Å². The van der Waals surface area contributed by atoms with Gasteiger partial charge in [-0.3, -0.25) is 4.79 Å². The first-order valence-corrected chi connectivity index (χ1v) is 11.1. The summed E-state index contributed by atoms with van der Waals surface area (Å²) in [6.07, 6.45) is 0. The standard InChI is InChI=1S/C19H24O3Si/c1-19(22-23(3,4)5,15-11-7-6-8-12-15)18(20)16-13-9-10-14-17(16)21-2/h6-14H,1-5H3. The Kier molecular flexibility index (Phi) is 5.07. The molecule has 0 aliphatic carbocycles. The van der Waals surface area contributed by atoms with Gasteiger partial charge in [0.15, 0.2) is 8.32 Å². The van der Waals surface area contributed by atoms with Crippen molar-refractivity contribution in [3.63, 3.8) is 0 Å². The van der Waals surface area contributed by atoms with Crippen LogP contribution in [0.3, 0.4) is 0 Å². The van der Waals surface area contributed by atoms with Gasteiger partial charge in [0.25, 0.3) is 0 Å². The van der Waals surface area contributed by atoms with E-state index in [2.05, 4.69) is 19.6 Å². The molecule has 4 heteroatoms. The number of rotatable bonds is 6. The lowest BCUT2D eigenvalue weighted by molar-refractivity contribution is 0.0473. The zero-order valence-electron chi connectivity index (χ0n) is 14.4. The van der Waals surface area contributed by atoms with E-state index >= 15 is 0 Å². The first-order chi connectivity index (χ1) is 10.8. The van der Waals surface area contributed by atoms with Crippen molar-refractivity contribution in [3.8, 4) is 5.75 Å². The molecule has 3 nitrogen and oxygen atoms in total. The number of carbonyl (C=O) groups is 1. The molecular formula is C19H24O3Si. The summed E-state index contributed by atoms with van der Waals surface area (Å²) in [5.74, 6) is 0.488. The number of Topliss-reactive ketones (excluding diaryl/α,β-unsaturated/α-hetero) is 1. The topological polar surface area (TPSA) is 35.5 Å². The largest absolute Gasteiger partial charge is 0.496 e. The van der Waals surface area contributed by atoms with E-state index in [9.17, 15) is 4.79 Å². The highest BCUT2D eigenvalue weighted by molar-refractivity contribution is 6.70. The summed E-state index contributed by atoms with van der Waals surface area (Å²) in [5.41, 5.74) is 0.373. The molecule has 122 valence electrons. The lowest BCUT2D eigenvalue weighted by atomic mass is 9.87. The lowest BCUT2D eigenvalue weighted by Gasteiger charge is -2.35. The molecule has 1 atom stereocenters. The van der Waals surface area contributed by atoms with Crippen LogP contribution < -0.4 is 4.74 Å². The van der Waals surface area contributed by atoms with Crippen molar-refractivity contribution in [2.45, 2.75) is 32.2 Å². The van der Waals surface area contributed by atoms with Crippen LogP contribution in [-0.2, 0) is 10.0 Å². The number of methoxy groups -OCH3 is 1. The van der Waals surface area contributed by atoms with E-state index in [1.807, 2.05) is 49.4 Å². The van der Waals surface area contributed by atoms with Gasteiger partial charge in [-0.1, -0.05) is 42.5 Å². The van der Waals surface area contributed by atoms with E-state index in [4.69, 9.17) is 9.16 Å². The number of carbonyl (C=O) groups excluding carboxylic acids is 1. The van der Waals surface area contributed by atoms with Crippen molar-refractivity contribution in [1.82, 2.24) is 0 Å². The van der Waals surface area contributed by atoms with Crippen molar-refractivity contribution >= 4 is 14.1 Å². The summed E-state index contributed by atoms with van der Waals surface area (Å²) in [5, 5.41) is 0. The van der Waals surface area contributed by atoms with Gasteiger partial charge >= 0.3 is 0 Å². The number of hydrogen-bond acceptors (Lipinski definition) is 3. The fraction of sp³-hybridized carbons (Fsp3) is 0.316. The Morgan fingerprint density at radius 2 is 1.52 bits per heavy atom. The fourth-order valence-corrected chi connectivity index (χ4v) is 4.13. The summed E-state index contributed by atoms with van der Waals surface area (Å²) in [6.45, 7) is 8.12. The minimum absolute atomic E-state index is 0.0800. The maximum atomic E-state index is 13.3. The molecule has 1 unspecified atom stereocenters. The maximum absolute atomic E-state index is 13.3. The first kappa shape index (κ1) is 17.4. The summed E-state index contributed by atoms with van der Waals surface area (Å²) < 4.78 is 11.7. The molecule has 23 heavy (non-hydrogen) atoms. The smallest absolute Gasteiger partial charge is 0.201 e. The van der Waals surface area contributed by atoms with Crippen LogP contribution in [0.15, 0.2) is 54.6 Å². The third-order valence-corrected chi connectivity index (χ3v) is 4.64.